The number of pyridine rings is 1. The minimum absolute atomic E-state index is 0.0427. The van der Waals surface area contributed by atoms with Crippen LogP contribution < -0.4 is 14.3 Å². The van der Waals surface area contributed by atoms with Gasteiger partial charge in [-0.15, -0.1) is 0 Å². The maximum Gasteiger partial charge on any atom is 0.253 e. The molecule has 0 radical (unpaired) electrons. The van der Waals surface area contributed by atoms with Crippen LogP contribution in [0.15, 0.2) is 54.6 Å². The van der Waals surface area contributed by atoms with Crippen molar-refractivity contribution in [3.63, 3.8) is 0 Å². The maximum absolute atomic E-state index is 12.0. The van der Waals surface area contributed by atoms with E-state index in [2.05, 4.69) is 27.2 Å². The first-order chi connectivity index (χ1) is 13.1. The second kappa shape index (κ2) is 7.24. The van der Waals surface area contributed by atoms with Gasteiger partial charge in [0.25, 0.3) is 5.91 Å². The molecule has 1 amide bonds. The molecule has 4 rings (SSSR count). The van der Waals surface area contributed by atoms with Gasteiger partial charge in [-0.1, -0.05) is 30.3 Å². The monoisotopic (exact) mass is 382 g/mol. The number of nitrogens with one attached hydrogen (secondary N) is 2. The number of phenols is 1. The number of carbonyl (C=O) groups is 1. The van der Waals surface area contributed by atoms with Crippen LogP contribution in [0.2, 0.25) is 0 Å². The second-order valence-electron chi connectivity index (χ2n) is 6.20. The Kier molecular flexibility index (Phi) is 4.64. The Bertz CT molecular complexity index is 1030. The van der Waals surface area contributed by atoms with Crippen LogP contribution in [0.1, 0.15) is 5.56 Å². The summed E-state index contributed by atoms with van der Waals surface area (Å²) in [5.74, 6) is 0.322. The fourth-order valence-corrected chi connectivity index (χ4v) is 3.90. The van der Waals surface area contributed by atoms with E-state index in [0.29, 0.717) is 17.0 Å². The van der Waals surface area contributed by atoms with Gasteiger partial charge in [-0.05, 0) is 36.2 Å². The molecule has 3 aromatic rings. The lowest BCUT2D eigenvalue weighted by Gasteiger charge is -2.16. The van der Waals surface area contributed by atoms with E-state index in [4.69, 9.17) is 0 Å². The second-order valence-corrected chi connectivity index (χ2v) is 7.35. The van der Waals surface area contributed by atoms with Crippen molar-refractivity contribution in [3.8, 4) is 5.75 Å². The number of hydrogen-bond acceptors (Lipinski definition) is 5. The van der Waals surface area contributed by atoms with Crippen molar-refractivity contribution in [1.82, 2.24) is 9.71 Å². The normalized spacial score (nSPS) is 16.5. The van der Waals surface area contributed by atoms with Gasteiger partial charge in [0.2, 0.25) is 11.2 Å². The highest BCUT2D eigenvalue weighted by Gasteiger charge is 2.29. The number of benzene rings is 2. The van der Waals surface area contributed by atoms with Gasteiger partial charge in [-0.25, -0.2) is 9.19 Å². The number of fused-ring (bicyclic) bond motifs is 1. The van der Waals surface area contributed by atoms with Crippen molar-refractivity contribution >= 4 is 39.5 Å². The summed E-state index contributed by atoms with van der Waals surface area (Å²) in [6, 6.07) is 17.1. The van der Waals surface area contributed by atoms with Crippen molar-refractivity contribution in [2.45, 2.75) is 6.42 Å². The van der Waals surface area contributed by atoms with Crippen molar-refractivity contribution in [2.75, 3.05) is 22.7 Å². The number of aromatic nitrogens is 1. The third-order valence-corrected chi connectivity index (χ3v) is 5.43. The molecule has 27 heavy (non-hydrogen) atoms. The molecule has 1 unspecified atom stereocenters. The lowest BCUT2D eigenvalue weighted by Crippen LogP contribution is -2.22. The molecule has 0 saturated carbocycles. The number of anilines is 2. The molecule has 1 fully saturated rings. The van der Waals surface area contributed by atoms with Crippen molar-refractivity contribution in [1.29, 1.82) is 0 Å². The van der Waals surface area contributed by atoms with Crippen LogP contribution in [0.3, 0.4) is 0 Å². The summed E-state index contributed by atoms with van der Waals surface area (Å²) < 4.78 is 15.6. The number of rotatable bonds is 5. The summed E-state index contributed by atoms with van der Waals surface area (Å²) in [5, 5.41) is 14.3. The van der Waals surface area contributed by atoms with Crippen LogP contribution in [0, 0.1) is 0 Å². The zero-order valence-electron chi connectivity index (χ0n) is 14.4. The van der Waals surface area contributed by atoms with E-state index in [0.717, 1.165) is 18.4 Å². The van der Waals surface area contributed by atoms with Gasteiger partial charge >= 0.3 is 0 Å². The van der Waals surface area contributed by atoms with Crippen LogP contribution >= 0.6 is 0 Å². The Morgan fingerprint density at radius 3 is 2.74 bits per heavy atom. The molecule has 2 aromatic carbocycles. The van der Waals surface area contributed by atoms with Crippen LogP contribution in [0.5, 0.6) is 5.75 Å². The van der Waals surface area contributed by atoms with Crippen LogP contribution in [0.25, 0.3) is 10.9 Å². The standard InChI is InChI=1S/C19H18N4O3S/c24-17-10-14-6-7-18(20-9-8-13-4-2-1-3-5-13)21-15(14)11-16(17)23-12-19(25)22-27(23)26/h1-7,10-11,24H,8-9,12H2,(H,20,21)(H,22,25). The third-order valence-electron chi connectivity index (χ3n) is 4.31. The minimum Gasteiger partial charge on any atom is -0.506 e. The fourth-order valence-electron chi connectivity index (χ4n) is 2.97. The highest BCUT2D eigenvalue weighted by molar-refractivity contribution is 7.85. The average Bonchev–Trinajstić information content (AvgIpc) is 3.00. The van der Waals surface area contributed by atoms with Crippen LogP contribution in [-0.4, -0.2) is 33.3 Å². The fraction of sp³-hybridized carbons (Fsp3) is 0.158. The molecule has 1 atom stereocenters. The average molecular weight is 382 g/mol. The molecular formula is C19H18N4O3S. The van der Waals surface area contributed by atoms with E-state index in [1.165, 1.54) is 9.87 Å². The van der Waals surface area contributed by atoms with E-state index in [-0.39, 0.29) is 18.2 Å². The van der Waals surface area contributed by atoms with Crippen LogP contribution in [-0.2, 0) is 22.4 Å². The van der Waals surface area contributed by atoms with E-state index in [9.17, 15) is 14.1 Å². The molecule has 1 aliphatic rings. The first-order valence-electron chi connectivity index (χ1n) is 8.50. The molecule has 138 valence electrons. The van der Waals surface area contributed by atoms with Crippen molar-refractivity contribution < 1.29 is 14.1 Å². The summed E-state index contributed by atoms with van der Waals surface area (Å²) in [4.78, 5) is 16.0. The highest BCUT2D eigenvalue weighted by Crippen LogP contribution is 2.33. The lowest BCUT2D eigenvalue weighted by atomic mass is 10.1. The zero-order valence-corrected chi connectivity index (χ0v) is 15.2. The van der Waals surface area contributed by atoms with E-state index in [1.807, 2.05) is 30.3 Å². The number of amides is 1. The topological polar surface area (TPSA) is 94.6 Å². The molecule has 3 N–H and O–H groups in total. The van der Waals surface area contributed by atoms with Gasteiger partial charge in [-0.3, -0.25) is 13.8 Å². The molecule has 8 heteroatoms. The number of carbonyl (C=O) groups excluding carboxylic acids is 1. The molecular weight excluding hydrogens is 364 g/mol. The molecule has 7 nitrogen and oxygen atoms in total. The van der Waals surface area contributed by atoms with E-state index < -0.39 is 11.2 Å². The Hall–Kier alpha value is -3.13. The van der Waals surface area contributed by atoms with Gasteiger partial charge in [0, 0.05) is 11.9 Å². The molecule has 1 aromatic heterocycles. The Labute approximate surface area is 158 Å². The van der Waals surface area contributed by atoms with E-state index >= 15 is 0 Å². The molecule has 1 aliphatic heterocycles. The van der Waals surface area contributed by atoms with Gasteiger partial charge in [-0.2, -0.15) is 0 Å². The highest BCUT2D eigenvalue weighted by atomic mass is 32.2. The summed E-state index contributed by atoms with van der Waals surface area (Å²) >= 11 is -1.70. The summed E-state index contributed by atoms with van der Waals surface area (Å²) in [6.07, 6.45) is 0.877. The minimum atomic E-state index is -1.70. The predicted octanol–water partition coefficient (Wildman–Crippen LogP) is 2.11. The van der Waals surface area contributed by atoms with Gasteiger partial charge in [0.15, 0.2) is 0 Å². The Balaban J connectivity index is 1.55. The predicted molar refractivity (Wildman–Crippen MR) is 106 cm³/mol. The summed E-state index contributed by atoms with van der Waals surface area (Å²) in [7, 11) is 0. The molecule has 0 bridgehead atoms. The third kappa shape index (κ3) is 3.70. The molecule has 1 saturated heterocycles. The van der Waals surface area contributed by atoms with Gasteiger partial charge in [0.1, 0.15) is 18.1 Å². The Morgan fingerprint density at radius 1 is 1.19 bits per heavy atom. The quantitative estimate of drug-likeness (QED) is 0.628. The van der Waals surface area contributed by atoms with Crippen LogP contribution in [0.4, 0.5) is 11.5 Å². The number of hydrogen-bond donors (Lipinski definition) is 3. The Morgan fingerprint density at radius 2 is 2.00 bits per heavy atom. The van der Waals surface area contributed by atoms with Gasteiger partial charge < -0.3 is 10.4 Å². The summed E-state index contributed by atoms with van der Waals surface area (Å²) in [6.45, 7) is 0.669. The zero-order chi connectivity index (χ0) is 18.8. The molecule has 0 spiro atoms. The van der Waals surface area contributed by atoms with E-state index in [1.54, 1.807) is 12.1 Å². The number of phenolic OH excluding ortho intramolecular Hbond substituents is 1. The first kappa shape index (κ1) is 17.3. The summed E-state index contributed by atoms with van der Waals surface area (Å²) in [5.41, 5.74) is 2.20. The largest absolute Gasteiger partial charge is 0.506 e. The smallest absolute Gasteiger partial charge is 0.253 e. The molecule has 2 heterocycles. The van der Waals surface area contributed by atoms with Gasteiger partial charge in [0.05, 0.1) is 11.2 Å². The maximum atomic E-state index is 12.0. The lowest BCUT2D eigenvalue weighted by molar-refractivity contribution is -0.117. The SMILES string of the molecule is O=C1CN(c2cc3nc(NCCc4ccccc4)ccc3cc2O)S(=O)N1. The van der Waals surface area contributed by atoms with Crippen molar-refractivity contribution in [3.05, 3.63) is 60.2 Å². The number of nitrogens with zero attached hydrogens (tertiary/aromatic N) is 2. The van der Waals surface area contributed by atoms with Crippen molar-refractivity contribution in [2.24, 2.45) is 0 Å². The molecule has 0 aliphatic carbocycles. The number of aromatic hydroxyl groups is 1. The first-order valence-corrected chi connectivity index (χ1v) is 9.61.